The molecule has 0 aromatic heterocycles. The molecule has 14 heavy (non-hydrogen) atoms. The molecule has 0 aliphatic rings. The summed E-state index contributed by atoms with van der Waals surface area (Å²) >= 11 is 3.13. The number of phenolic OH excluding ortho intramolecular Hbond substituents is 1. The SMILES string of the molecule is COC(=O)[C@H](N)c1cccc(Br)c1O. The number of hydrogen-bond acceptors (Lipinski definition) is 4. The standard InChI is InChI=1S/C9H10BrNO3/c1-14-9(13)7(11)5-3-2-4-6(10)8(5)12/h2-4,7,12H,11H2,1H3/t7-/m1/s1. The number of benzene rings is 1. The average molecular weight is 260 g/mol. The molecule has 1 aromatic carbocycles. The third kappa shape index (κ3) is 2.05. The predicted octanol–water partition coefficient (Wildman–Crippen LogP) is 1.33. The van der Waals surface area contributed by atoms with Gasteiger partial charge in [0.25, 0.3) is 0 Å². The fourth-order valence-corrected chi connectivity index (χ4v) is 1.42. The molecule has 0 radical (unpaired) electrons. The molecule has 1 rings (SSSR count). The zero-order valence-corrected chi connectivity index (χ0v) is 9.11. The second kappa shape index (κ2) is 4.43. The fourth-order valence-electron chi connectivity index (χ4n) is 1.04. The summed E-state index contributed by atoms with van der Waals surface area (Å²) in [5.41, 5.74) is 5.90. The fraction of sp³-hybridized carbons (Fsp3) is 0.222. The molecule has 0 aliphatic heterocycles. The Balaban J connectivity index is 3.07. The summed E-state index contributed by atoms with van der Waals surface area (Å²) in [7, 11) is 1.25. The summed E-state index contributed by atoms with van der Waals surface area (Å²) in [5.74, 6) is -0.621. The second-order valence-electron chi connectivity index (χ2n) is 2.68. The van der Waals surface area contributed by atoms with Gasteiger partial charge in [-0.2, -0.15) is 0 Å². The van der Waals surface area contributed by atoms with E-state index in [0.29, 0.717) is 10.0 Å². The maximum Gasteiger partial charge on any atom is 0.327 e. The number of methoxy groups -OCH3 is 1. The van der Waals surface area contributed by atoms with E-state index in [1.165, 1.54) is 7.11 Å². The molecule has 0 saturated carbocycles. The van der Waals surface area contributed by atoms with Crippen molar-refractivity contribution < 1.29 is 14.6 Å². The number of rotatable bonds is 2. The molecule has 1 atom stereocenters. The minimum absolute atomic E-state index is 0.0367. The highest BCUT2D eigenvalue weighted by molar-refractivity contribution is 9.10. The molecule has 0 saturated heterocycles. The van der Waals surface area contributed by atoms with Gasteiger partial charge in [-0.1, -0.05) is 12.1 Å². The summed E-state index contributed by atoms with van der Waals surface area (Å²) < 4.78 is 4.97. The largest absolute Gasteiger partial charge is 0.506 e. The van der Waals surface area contributed by atoms with Crippen LogP contribution in [0.4, 0.5) is 0 Å². The molecule has 0 heterocycles. The highest BCUT2D eigenvalue weighted by Crippen LogP contribution is 2.31. The van der Waals surface area contributed by atoms with Crippen LogP contribution in [-0.2, 0) is 9.53 Å². The highest BCUT2D eigenvalue weighted by Gasteiger charge is 2.20. The summed E-state index contributed by atoms with van der Waals surface area (Å²) in [6.07, 6.45) is 0. The number of aromatic hydroxyl groups is 1. The van der Waals surface area contributed by atoms with Crippen molar-refractivity contribution in [2.24, 2.45) is 5.73 Å². The molecular formula is C9H10BrNO3. The van der Waals surface area contributed by atoms with Crippen molar-refractivity contribution in [1.29, 1.82) is 0 Å². The minimum Gasteiger partial charge on any atom is -0.506 e. The van der Waals surface area contributed by atoms with Crippen molar-refractivity contribution in [1.82, 2.24) is 0 Å². The van der Waals surface area contributed by atoms with E-state index in [9.17, 15) is 9.90 Å². The Kier molecular flexibility index (Phi) is 3.49. The van der Waals surface area contributed by atoms with E-state index in [0.717, 1.165) is 0 Å². The average Bonchev–Trinajstić information content (AvgIpc) is 2.20. The molecule has 1 aromatic rings. The number of phenols is 1. The number of esters is 1. The Bertz CT molecular complexity index is 354. The van der Waals surface area contributed by atoms with Crippen LogP contribution in [0.3, 0.4) is 0 Å². The Labute approximate surface area is 89.8 Å². The smallest absolute Gasteiger partial charge is 0.327 e. The van der Waals surface area contributed by atoms with Crippen LogP contribution in [-0.4, -0.2) is 18.2 Å². The third-order valence-corrected chi connectivity index (χ3v) is 2.45. The van der Waals surface area contributed by atoms with E-state index in [4.69, 9.17) is 5.73 Å². The van der Waals surface area contributed by atoms with Gasteiger partial charge in [-0.15, -0.1) is 0 Å². The van der Waals surface area contributed by atoms with Crippen molar-refractivity contribution in [2.45, 2.75) is 6.04 Å². The first-order chi connectivity index (χ1) is 6.57. The maximum atomic E-state index is 11.1. The number of halogens is 1. The van der Waals surface area contributed by atoms with Gasteiger partial charge < -0.3 is 15.6 Å². The van der Waals surface area contributed by atoms with E-state index in [1.54, 1.807) is 18.2 Å². The highest BCUT2D eigenvalue weighted by atomic mass is 79.9. The lowest BCUT2D eigenvalue weighted by Crippen LogP contribution is -2.22. The number of carbonyl (C=O) groups is 1. The zero-order valence-electron chi connectivity index (χ0n) is 7.53. The van der Waals surface area contributed by atoms with Gasteiger partial charge in [-0.3, -0.25) is 4.79 Å². The van der Waals surface area contributed by atoms with Gasteiger partial charge in [0, 0.05) is 5.56 Å². The van der Waals surface area contributed by atoms with Gasteiger partial charge in [0.05, 0.1) is 11.6 Å². The van der Waals surface area contributed by atoms with Crippen LogP contribution < -0.4 is 5.73 Å². The maximum absolute atomic E-state index is 11.1. The first-order valence-electron chi connectivity index (χ1n) is 3.88. The van der Waals surface area contributed by atoms with Gasteiger partial charge in [-0.25, -0.2) is 0 Å². The summed E-state index contributed by atoms with van der Waals surface area (Å²) in [5, 5.41) is 9.58. The van der Waals surface area contributed by atoms with Gasteiger partial charge in [0.2, 0.25) is 0 Å². The van der Waals surface area contributed by atoms with E-state index >= 15 is 0 Å². The van der Waals surface area contributed by atoms with Gasteiger partial charge in [0.15, 0.2) is 0 Å². The lowest BCUT2D eigenvalue weighted by atomic mass is 10.1. The molecule has 0 unspecified atom stereocenters. The normalized spacial score (nSPS) is 12.2. The molecule has 0 bridgehead atoms. The summed E-state index contributed by atoms with van der Waals surface area (Å²) in [6.45, 7) is 0. The van der Waals surface area contributed by atoms with Crippen LogP contribution >= 0.6 is 15.9 Å². The minimum atomic E-state index is -0.961. The molecule has 0 spiro atoms. The van der Waals surface area contributed by atoms with E-state index in [1.807, 2.05) is 0 Å². The summed E-state index contributed by atoms with van der Waals surface area (Å²) in [6, 6.07) is 3.95. The number of ether oxygens (including phenoxy) is 1. The van der Waals surface area contributed by atoms with Crippen molar-refractivity contribution >= 4 is 21.9 Å². The lowest BCUT2D eigenvalue weighted by Gasteiger charge is -2.11. The second-order valence-corrected chi connectivity index (χ2v) is 3.53. The molecule has 3 N–H and O–H groups in total. The lowest BCUT2D eigenvalue weighted by molar-refractivity contribution is -0.142. The van der Waals surface area contributed by atoms with Gasteiger partial charge >= 0.3 is 5.97 Å². The monoisotopic (exact) mass is 259 g/mol. The van der Waals surface area contributed by atoms with Crippen molar-refractivity contribution in [3.05, 3.63) is 28.2 Å². The Morgan fingerprint density at radius 1 is 1.64 bits per heavy atom. The number of nitrogens with two attached hydrogens (primary N) is 1. The molecule has 0 fully saturated rings. The van der Waals surface area contributed by atoms with Crippen LogP contribution in [0.1, 0.15) is 11.6 Å². The zero-order chi connectivity index (χ0) is 10.7. The third-order valence-electron chi connectivity index (χ3n) is 1.81. The Morgan fingerprint density at radius 3 is 2.86 bits per heavy atom. The van der Waals surface area contributed by atoms with Crippen LogP contribution in [0.5, 0.6) is 5.75 Å². The van der Waals surface area contributed by atoms with Gasteiger partial charge in [-0.05, 0) is 22.0 Å². The van der Waals surface area contributed by atoms with E-state index < -0.39 is 12.0 Å². The van der Waals surface area contributed by atoms with Crippen molar-refractivity contribution in [3.8, 4) is 5.75 Å². The predicted molar refractivity (Wildman–Crippen MR) is 54.8 cm³/mol. The molecule has 0 aliphatic carbocycles. The Hall–Kier alpha value is -1.07. The van der Waals surface area contributed by atoms with Gasteiger partial charge in [0.1, 0.15) is 11.8 Å². The molecule has 4 nitrogen and oxygen atoms in total. The molecular weight excluding hydrogens is 250 g/mol. The molecule has 76 valence electrons. The van der Waals surface area contributed by atoms with E-state index in [2.05, 4.69) is 20.7 Å². The number of carbonyl (C=O) groups excluding carboxylic acids is 1. The first kappa shape index (κ1) is 11.0. The number of para-hydroxylation sites is 1. The van der Waals surface area contributed by atoms with Crippen LogP contribution in [0.25, 0.3) is 0 Å². The topological polar surface area (TPSA) is 72.5 Å². The molecule has 0 amide bonds. The van der Waals surface area contributed by atoms with E-state index in [-0.39, 0.29) is 5.75 Å². The summed E-state index contributed by atoms with van der Waals surface area (Å²) in [4.78, 5) is 11.1. The number of hydrogen-bond donors (Lipinski definition) is 2. The first-order valence-corrected chi connectivity index (χ1v) is 4.68. The van der Waals surface area contributed by atoms with Crippen LogP contribution in [0.15, 0.2) is 22.7 Å². The van der Waals surface area contributed by atoms with Crippen LogP contribution in [0.2, 0.25) is 0 Å². The van der Waals surface area contributed by atoms with Crippen LogP contribution in [0, 0.1) is 0 Å². The Morgan fingerprint density at radius 2 is 2.29 bits per heavy atom. The van der Waals surface area contributed by atoms with Crippen molar-refractivity contribution in [3.63, 3.8) is 0 Å². The van der Waals surface area contributed by atoms with Crippen molar-refractivity contribution in [2.75, 3.05) is 7.11 Å². The molecule has 5 heteroatoms. The quantitative estimate of drug-likeness (QED) is 0.787.